The minimum atomic E-state index is 0.995. The molecule has 0 radical (unpaired) electrons. The zero-order chi connectivity index (χ0) is 25.5. The van der Waals surface area contributed by atoms with Gasteiger partial charge in [0.05, 0.1) is 32.3 Å². The van der Waals surface area contributed by atoms with Crippen LogP contribution >= 0.6 is 11.3 Å². The third kappa shape index (κ3) is 2.95. The summed E-state index contributed by atoms with van der Waals surface area (Å²) in [5, 5.41) is 8.53. The lowest BCUT2D eigenvalue weighted by Gasteiger charge is -2.09. The van der Waals surface area contributed by atoms with Gasteiger partial charge < -0.3 is 4.57 Å². The van der Waals surface area contributed by atoms with Crippen molar-refractivity contribution in [1.29, 1.82) is 0 Å². The fourth-order valence-corrected chi connectivity index (χ4v) is 7.17. The number of thiazole rings is 1. The van der Waals surface area contributed by atoms with E-state index in [9.17, 15) is 0 Å². The molecule has 0 unspecified atom stereocenters. The molecule has 4 heteroatoms. The van der Waals surface area contributed by atoms with Crippen LogP contribution in [-0.2, 0) is 0 Å². The fourth-order valence-electron chi connectivity index (χ4n) is 6.18. The van der Waals surface area contributed by atoms with Crippen LogP contribution in [0.15, 0.2) is 127 Å². The molecular weight excluding hydrogens is 494 g/mol. The van der Waals surface area contributed by atoms with Gasteiger partial charge in [-0.3, -0.25) is 4.57 Å². The maximum absolute atomic E-state index is 5.07. The normalized spacial score (nSPS) is 12.1. The number of fused-ring (bicyclic) bond motifs is 8. The SMILES string of the molecule is c1ccc(-n2c3cc4ccccc4cc3c3cc4c5ccccc5n(-c5nc6ccccc6s5)c4cc32)cc1. The van der Waals surface area contributed by atoms with E-state index >= 15 is 0 Å². The first-order valence-electron chi connectivity index (χ1n) is 13.1. The van der Waals surface area contributed by atoms with Crippen LogP contribution in [0.2, 0.25) is 0 Å². The highest BCUT2D eigenvalue weighted by molar-refractivity contribution is 7.20. The smallest absolute Gasteiger partial charge is 0.195 e. The van der Waals surface area contributed by atoms with E-state index in [-0.39, 0.29) is 0 Å². The second-order valence-corrected chi connectivity index (χ2v) is 11.1. The lowest BCUT2D eigenvalue weighted by atomic mass is 10.0. The second-order valence-electron chi connectivity index (χ2n) is 10.1. The molecule has 39 heavy (non-hydrogen) atoms. The van der Waals surface area contributed by atoms with Crippen molar-refractivity contribution in [2.45, 2.75) is 0 Å². The highest BCUT2D eigenvalue weighted by atomic mass is 32.1. The molecule has 0 aliphatic rings. The second kappa shape index (κ2) is 7.79. The number of hydrogen-bond acceptors (Lipinski definition) is 2. The molecule has 0 N–H and O–H groups in total. The Balaban J connectivity index is 1.48. The average molecular weight is 516 g/mol. The molecule has 0 amide bonds. The number of para-hydroxylation sites is 3. The Bertz CT molecular complexity index is 2360. The van der Waals surface area contributed by atoms with Crippen LogP contribution in [0.3, 0.4) is 0 Å². The zero-order valence-corrected chi connectivity index (χ0v) is 21.7. The first-order valence-corrected chi connectivity index (χ1v) is 14.0. The van der Waals surface area contributed by atoms with Gasteiger partial charge in [0.2, 0.25) is 0 Å². The summed E-state index contributed by atoms with van der Waals surface area (Å²) < 4.78 is 5.96. The zero-order valence-electron chi connectivity index (χ0n) is 20.9. The Kier molecular flexibility index (Phi) is 4.21. The quantitative estimate of drug-likeness (QED) is 0.225. The van der Waals surface area contributed by atoms with Crippen molar-refractivity contribution in [3.63, 3.8) is 0 Å². The summed E-state index contributed by atoms with van der Waals surface area (Å²) in [6, 6.07) is 45.9. The Hall–Kier alpha value is -4.93. The van der Waals surface area contributed by atoms with E-state index in [0.717, 1.165) is 16.3 Å². The number of benzene rings is 6. The summed E-state index contributed by atoms with van der Waals surface area (Å²) in [6.45, 7) is 0. The predicted molar refractivity (Wildman–Crippen MR) is 166 cm³/mol. The van der Waals surface area contributed by atoms with Crippen LogP contribution < -0.4 is 0 Å². The summed E-state index contributed by atoms with van der Waals surface area (Å²) in [7, 11) is 0. The minimum Gasteiger partial charge on any atom is -0.309 e. The van der Waals surface area contributed by atoms with Crippen molar-refractivity contribution >= 4 is 75.9 Å². The summed E-state index contributed by atoms with van der Waals surface area (Å²) in [5.41, 5.74) is 6.97. The van der Waals surface area contributed by atoms with Crippen LogP contribution in [0.25, 0.3) is 75.4 Å². The van der Waals surface area contributed by atoms with E-state index < -0.39 is 0 Å². The van der Waals surface area contributed by atoms with Gasteiger partial charge in [-0.15, -0.1) is 0 Å². The molecule has 0 fully saturated rings. The number of aromatic nitrogens is 3. The Labute approximate surface area is 227 Å². The van der Waals surface area contributed by atoms with Crippen LogP contribution in [0.1, 0.15) is 0 Å². The molecule has 0 atom stereocenters. The fraction of sp³-hybridized carbons (Fsp3) is 0. The average Bonchev–Trinajstić information content (AvgIpc) is 3.64. The van der Waals surface area contributed by atoms with Gasteiger partial charge in [-0.05, 0) is 65.4 Å². The van der Waals surface area contributed by atoms with Crippen molar-refractivity contribution in [1.82, 2.24) is 14.1 Å². The number of rotatable bonds is 2. The Morgan fingerprint density at radius 1 is 0.462 bits per heavy atom. The van der Waals surface area contributed by atoms with E-state index in [2.05, 4.69) is 137 Å². The topological polar surface area (TPSA) is 22.8 Å². The van der Waals surface area contributed by atoms with E-state index in [1.54, 1.807) is 11.3 Å². The Morgan fingerprint density at radius 3 is 1.97 bits per heavy atom. The van der Waals surface area contributed by atoms with Gasteiger partial charge in [0.15, 0.2) is 5.13 Å². The van der Waals surface area contributed by atoms with Gasteiger partial charge >= 0.3 is 0 Å². The lowest BCUT2D eigenvalue weighted by Crippen LogP contribution is -1.95. The maximum Gasteiger partial charge on any atom is 0.195 e. The van der Waals surface area contributed by atoms with E-state index in [1.165, 1.54) is 59.1 Å². The molecule has 6 aromatic carbocycles. The summed E-state index contributed by atoms with van der Waals surface area (Å²) >= 11 is 1.74. The van der Waals surface area contributed by atoms with Crippen LogP contribution in [-0.4, -0.2) is 14.1 Å². The molecule has 0 aliphatic carbocycles. The largest absolute Gasteiger partial charge is 0.309 e. The van der Waals surface area contributed by atoms with Crippen molar-refractivity contribution in [2.75, 3.05) is 0 Å². The molecule has 0 bridgehead atoms. The van der Waals surface area contributed by atoms with Crippen LogP contribution in [0.5, 0.6) is 0 Å². The molecule has 0 aliphatic heterocycles. The van der Waals surface area contributed by atoms with Crippen molar-refractivity contribution < 1.29 is 0 Å². The monoisotopic (exact) mass is 515 g/mol. The molecule has 0 saturated carbocycles. The summed E-state index contributed by atoms with van der Waals surface area (Å²) in [5.74, 6) is 0. The highest BCUT2D eigenvalue weighted by Crippen LogP contribution is 2.41. The third-order valence-corrected chi connectivity index (χ3v) is 8.94. The molecule has 9 aromatic rings. The van der Waals surface area contributed by atoms with Crippen LogP contribution in [0, 0.1) is 0 Å². The minimum absolute atomic E-state index is 0.995. The standard InChI is InChI=1S/C35H21N3S/c1-2-12-24(13-3-1)37-31-19-23-11-5-4-10-22(23)18-26(31)28-20-27-25-14-6-8-16-30(25)38(33(27)21-32(28)37)35-36-29-15-7-9-17-34(29)39-35/h1-21H. The van der Waals surface area contributed by atoms with Gasteiger partial charge in [0.1, 0.15) is 0 Å². The molecule has 182 valence electrons. The maximum atomic E-state index is 5.07. The van der Waals surface area contributed by atoms with Gasteiger partial charge in [-0.1, -0.05) is 84.1 Å². The number of hydrogen-bond donors (Lipinski definition) is 0. The molecule has 3 aromatic heterocycles. The molecule has 3 heterocycles. The summed E-state index contributed by atoms with van der Waals surface area (Å²) in [6.07, 6.45) is 0. The first-order chi connectivity index (χ1) is 19.3. The lowest BCUT2D eigenvalue weighted by molar-refractivity contribution is 1.14. The highest BCUT2D eigenvalue weighted by Gasteiger charge is 2.20. The van der Waals surface area contributed by atoms with Gasteiger partial charge in [0.25, 0.3) is 0 Å². The van der Waals surface area contributed by atoms with Crippen LogP contribution in [0.4, 0.5) is 0 Å². The van der Waals surface area contributed by atoms with Gasteiger partial charge in [-0.25, -0.2) is 4.98 Å². The molecule has 9 rings (SSSR count). The molecule has 0 saturated heterocycles. The van der Waals surface area contributed by atoms with E-state index in [4.69, 9.17) is 4.98 Å². The van der Waals surface area contributed by atoms with Crippen molar-refractivity contribution in [3.8, 4) is 10.8 Å². The summed E-state index contributed by atoms with van der Waals surface area (Å²) in [4.78, 5) is 5.07. The predicted octanol–water partition coefficient (Wildman–Crippen LogP) is 9.64. The molecule has 0 spiro atoms. The van der Waals surface area contributed by atoms with E-state index in [1.807, 2.05) is 0 Å². The van der Waals surface area contributed by atoms with Gasteiger partial charge in [0, 0.05) is 27.2 Å². The Morgan fingerprint density at radius 2 is 1.10 bits per heavy atom. The molecule has 3 nitrogen and oxygen atoms in total. The van der Waals surface area contributed by atoms with Crippen molar-refractivity contribution in [3.05, 3.63) is 127 Å². The first kappa shape index (κ1) is 21.1. The van der Waals surface area contributed by atoms with Crippen molar-refractivity contribution in [2.24, 2.45) is 0 Å². The number of nitrogens with zero attached hydrogens (tertiary/aromatic N) is 3. The van der Waals surface area contributed by atoms with E-state index in [0.29, 0.717) is 0 Å². The van der Waals surface area contributed by atoms with Gasteiger partial charge in [-0.2, -0.15) is 0 Å². The molecular formula is C35H21N3S. The third-order valence-electron chi connectivity index (χ3n) is 7.91.